The van der Waals surface area contributed by atoms with Gasteiger partial charge in [-0.3, -0.25) is 4.79 Å². The van der Waals surface area contributed by atoms with Crippen LogP contribution in [-0.4, -0.2) is 38.9 Å². The molecule has 0 saturated carbocycles. The zero-order valence-electron chi connectivity index (χ0n) is 12.3. The van der Waals surface area contributed by atoms with E-state index < -0.39 is 0 Å². The van der Waals surface area contributed by atoms with E-state index in [2.05, 4.69) is 5.32 Å². The number of rotatable bonds is 6. The van der Waals surface area contributed by atoms with Crippen molar-refractivity contribution in [3.05, 3.63) is 23.8 Å². The van der Waals surface area contributed by atoms with E-state index in [-0.39, 0.29) is 18.4 Å². The summed E-state index contributed by atoms with van der Waals surface area (Å²) in [6.45, 7) is 2.08. The van der Waals surface area contributed by atoms with Crippen LogP contribution in [0.25, 0.3) is 0 Å². The third-order valence-corrected chi connectivity index (χ3v) is 3.31. The van der Waals surface area contributed by atoms with E-state index in [1.54, 1.807) is 7.11 Å². The second-order valence-electron chi connectivity index (χ2n) is 4.91. The summed E-state index contributed by atoms with van der Waals surface area (Å²) in [7, 11) is 1.55. The Labute approximate surface area is 124 Å². The van der Waals surface area contributed by atoms with Gasteiger partial charge in [-0.15, -0.1) is 0 Å². The fourth-order valence-electron chi connectivity index (χ4n) is 2.06. The SMILES string of the molecule is COC(CN)CC(=O)NCc1ccc2c(c1)OCCCO2. The maximum atomic E-state index is 11.8. The van der Waals surface area contributed by atoms with E-state index in [9.17, 15) is 4.79 Å². The third kappa shape index (κ3) is 4.61. The molecule has 21 heavy (non-hydrogen) atoms. The number of carbonyl (C=O) groups excluding carboxylic acids is 1. The van der Waals surface area contributed by atoms with Crippen LogP contribution in [0.4, 0.5) is 0 Å². The number of nitrogens with two attached hydrogens (primary N) is 1. The molecule has 3 N–H and O–H groups in total. The number of carbonyl (C=O) groups is 1. The summed E-state index contributed by atoms with van der Waals surface area (Å²) in [5.41, 5.74) is 6.46. The highest BCUT2D eigenvalue weighted by Gasteiger charge is 2.13. The van der Waals surface area contributed by atoms with Gasteiger partial charge in [0, 0.05) is 26.6 Å². The molecule has 116 valence electrons. The Morgan fingerprint density at radius 3 is 2.86 bits per heavy atom. The second kappa shape index (κ2) is 7.85. The van der Waals surface area contributed by atoms with Gasteiger partial charge in [0.1, 0.15) is 0 Å². The number of fused-ring (bicyclic) bond motifs is 1. The Bertz CT molecular complexity index is 475. The van der Waals surface area contributed by atoms with Gasteiger partial charge in [0.2, 0.25) is 5.91 Å². The highest BCUT2D eigenvalue weighted by Crippen LogP contribution is 2.30. The van der Waals surface area contributed by atoms with Gasteiger partial charge in [0.15, 0.2) is 11.5 Å². The first-order valence-electron chi connectivity index (χ1n) is 7.11. The molecule has 0 spiro atoms. The molecule has 1 amide bonds. The summed E-state index contributed by atoms with van der Waals surface area (Å²) in [6.07, 6.45) is 0.893. The second-order valence-corrected chi connectivity index (χ2v) is 4.91. The Balaban J connectivity index is 1.88. The molecule has 0 aromatic heterocycles. The van der Waals surface area contributed by atoms with E-state index in [0.29, 0.717) is 26.3 Å². The number of hydrogen-bond acceptors (Lipinski definition) is 5. The molecule has 1 unspecified atom stereocenters. The number of ether oxygens (including phenoxy) is 3. The Morgan fingerprint density at radius 2 is 2.14 bits per heavy atom. The molecular weight excluding hydrogens is 272 g/mol. The fourth-order valence-corrected chi connectivity index (χ4v) is 2.06. The summed E-state index contributed by atoms with van der Waals surface area (Å²) in [6, 6.07) is 5.70. The lowest BCUT2D eigenvalue weighted by Crippen LogP contribution is -2.31. The summed E-state index contributed by atoms with van der Waals surface area (Å²) >= 11 is 0. The van der Waals surface area contributed by atoms with Crippen LogP contribution in [0, 0.1) is 0 Å². The largest absolute Gasteiger partial charge is 0.490 e. The molecular formula is C15H22N2O4. The van der Waals surface area contributed by atoms with Crippen molar-refractivity contribution in [3.8, 4) is 11.5 Å². The van der Waals surface area contributed by atoms with Crippen LogP contribution in [-0.2, 0) is 16.1 Å². The van der Waals surface area contributed by atoms with E-state index in [4.69, 9.17) is 19.9 Å². The summed E-state index contributed by atoms with van der Waals surface area (Å²) in [4.78, 5) is 11.8. The van der Waals surface area contributed by atoms with Crippen LogP contribution in [0.1, 0.15) is 18.4 Å². The maximum absolute atomic E-state index is 11.8. The smallest absolute Gasteiger partial charge is 0.222 e. The van der Waals surface area contributed by atoms with Crippen LogP contribution >= 0.6 is 0 Å². The summed E-state index contributed by atoms with van der Waals surface area (Å²) in [5.74, 6) is 1.40. The minimum atomic E-state index is -0.242. The van der Waals surface area contributed by atoms with Crippen LogP contribution in [0.5, 0.6) is 11.5 Å². The first-order chi connectivity index (χ1) is 10.2. The lowest BCUT2D eigenvalue weighted by atomic mass is 10.2. The molecule has 0 fully saturated rings. The Hall–Kier alpha value is -1.79. The molecule has 1 aliphatic heterocycles. The number of benzene rings is 1. The molecule has 6 nitrogen and oxygen atoms in total. The maximum Gasteiger partial charge on any atom is 0.222 e. The number of amides is 1. The average Bonchev–Trinajstić information content (AvgIpc) is 2.75. The van der Waals surface area contributed by atoms with E-state index >= 15 is 0 Å². The lowest BCUT2D eigenvalue weighted by molar-refractivity contribution is -0.123. The minimum Gasteiger partial charge on any atom is -0.490 e. The van der Waals surface area contributed by atoms with Crippen LogP contribution < -0.4 is 20.5 Å². The Kier molecular flexibility index (Phi) is 5.83. The highest BCUT2D eigenvalue weighted by atomic mass is 16.5. The van der Waals surface area contributed by atoms with Crippen molar-refractivity contribution in [2.24, 2.45) is 5.73 Å². The zero-order valence-corrected chi connectivity index (χ0v) is 12.3. The molecule has 0 aliphatic carbocycles. The van der Waals surface area contributed by atoms with Gasteiger partial charge < -0.3 is 25.3 Å². The number of hydrogen-bond donors (Lipinski definition) is 2. The Morgan fingerprint density at radius 1 is 1.38 bits per heavy atom. The van der Waals surface area contributed by atoms with Crippen molar-refractivity contribution in [2.75, 3.05) is 26.9 Å². The first kappa shape index (κ1) is 15.6. The van der Waals surface area contributed by atoms with Crippen molar-refractivity contribution in [2.45, 2.75) is 25.5 Å². The normalized spacial score (nSPS) is 15.1. The predicted octanol–water partition coefficient (Wildman–Crippen LogP) is 0.828. The number of methoxy groups -OCH3 is 1. The molecule has 1 atom stereocenters. The quantitative estimate of drug-likeness (QED) is 0.812. The zero-order chi connectivity index (χ0) is 15.1. The standard InChI is InChI=1S/C15H22N2O4/c1-19-12(9-16)8-15(18)17-10-11-3-4-13-14(7-11)21-6-2-5-20-13/h3-4,7,12H,2,5-6,8-10,16H2,1H3,(H,17,18). The molecule has 1 aliphatic rings. The van der Waals surface area contributed by atoms with Gasteiger partial charge in [-0.25, -0.2) is 0 Å². The van der Waals surface area contributed by atoms with E-state index in [1.807, 2.05) is 18.2 Å². The molecule has 1 aromatic carbocycles. The van der Waals surface area contributed by atoms with Crippen LogP contribution in [0.3, 0.4) is 0 Å². The van der Waals surface area contributed by atoms with Crippen molar-refractivity contribution < 1.29 is 19.0 Å². The van der Waals surface area contributed by atoms with E-state index in [0.717, 1.165) is 23.5 Å². The third-order valence-electron chi connectivity index (χ3n) is 3.31. The van der Waals surface area contributed by atoms with E-state index in [1.165, 1.54) is 0 Å². The predicted molar refractivity (Wildman–Crippen MR) is 78.4 cm³/mol. The van der Waals surface area contributed by atoms with Crippen molar-refractivity contribution >= 4 is 5.91 Å². The first-order valence-corrected chi connectivity index (χ1v) is 7.11. The van der Waals surface area contributed by atoms with Gasteiger partial charge in [-0.2, -0.15) is 0 Å². The molecule has 6 heteroatoms. The topological polar surface area (TPSA) is 82.8 Å². The molecule has 0 radical (unpaired) electrons. The minimum absolute atomic E-state index is 0.0839. The van der Waals surface area contributed by atoms with Crippen LogP contribution in [0.2, 0.25) is 0 Å². The lowest BCUT2D eigenvalue weighted by Gasteiger charge is -2.13. The molecule has 0 saturated heterocycles. The van der Waals surface area contributed by atoms with Crippen molar-refractivity contribution in [1.82, 2.24) is 5.32 Å². The average molecular weight is 294 g/mol. The molecule has 0 bridgehead atoms. The van der Waals surface area contributed by atoms with Gasteiger partial charge in [0.05, 0.1) is 25.7 Å². The summed E-state index contributed by atoms with van der Waals surface area (Å²) in [5, 5.41) is 2.85. The van der Waals surface area contributed by atoms with Gasteiger partial charge in [-0.05, 0) is 17.7 Å². The van der Waals surface area contributed by atoms with Gasteiger partial charge in [-0.1, -0.05) is 6.07 Å². The van der Waals surface area contributed by atoms with Gasteiger partial charge in [0.25, 0.3) is 0 Å². The molecule has 1 heterocycles. The number of nitrogens with one attached hydrogen (secondary N) is 1. The molecule has 1 aromatic rings. The fraction of sp³-hybridized carbons (Fsp3) is 0.533. The van der Waals surface area contributed by atoms with Gasteiger partial charge >= 0.3 is 0 Å². The monoisotopic (exact) mass is 294 g/mol. The van der Waals surface area contributed by atoms with Crippen molar-refractivity contribution in [3.63, 3.8) is 0 Å². The highest BCUT2D eigenvalue weighted by molar-refractivity contribution is 5.76. The molecule has 2 rings (SSSR count). The van der Waals surface area contributed by atoms with Crippen LogP contribution in [0.15, 0.2) is 18.2 Å². The summed E-state index contributed by atoms with van der Waals surface area (Å²) < 4.78 is 16.3. The van der Waals surface area contributed by atoms with Crippen molar-refractivity contribution in [1.29, 1.82) is 0 Å².